The molecule has 1 unspecified atom stereocenters. The molecule has 29 heavy (non-hydrogen) atoms. The highest BCUT2D eigenvalue weighted by atomic mass is 16.5. The number of hydrogen-bond acceptors (Lipinski definition) is 7. The lowest BCUT2D eigenvalue weighted by Crippen LogP contribution is -2.37. The molecular formula is C22H32O7. The van der Waals surface area contributed by atoms with Crippen molar-refractivity contribution in [1.29, 1.82) is 0 Å². The summed E-state index contributed by atoms with van der Waals surface area (Å²) in [4.78, 5) is 24.7. The van der Waals surface area contributed by atoms with Crippen molar-refractivity contribution < 1.29 is 33.3 Å². The Balaban J connectivity index is 2.74. The highest BCUT2D eigenvalue weighted by molar-refractivity contribution is 5.95. The Morgan fingerprint density at radius 2 is 1.41 bits per heavy atom. The average Bonchev–Trinajstić information content (AvgIpc) is 2.85. The number of esters is 2. The molecule has 2 rings (SSSR count). The van der Waals surface area contributed by atoms with E-state index < -0.39 is 17.9 Å². The molecule has 0 saturated carbocycles. The summed E-state index contributed by atoms with van der Waals surface area (Å²) in [6, 6.07) is 1.92. The molecular weight excluding hydrogens is 376 g/mol. The van der Waals surface area contributed by atoms with Gasteiger partial charge in [-0.05, 0) is 34.8 Å². The molecule has 1 aromatic rings. The maximum absolute atomic E-state index is 12.3. The molecule has 0 aromatic heterocycles. The Bertz CT molecular complexity index is 779. The van der Waals surface area contributed by atoms with Crippen LogP contribution in [0.1, 0.15) is 51.2 Å². The van der Waals surface area contributed by atoms with Crippen molar-refractivity contribution in [2.45, 2.75) is 45.4 Å². The monoisotopic (exact) mass is 408 g/mol. The van der Waals surface area contributed by atoms with Gasteiger partial charge in [0.2, 0.25) is 5.75 Å². The van der Waals surface area contributed by atoms with Gasteiger partial charge in [-0.1, -0.05) is 27.7 Å². The number of carbonyl (C=O) groups excluding carboxylic acids is 2. The Hall–Kier alpha value is -2.44. The van der Waals surface area contributed by atoms with E-state index in [1.54, 1.807) is 21.3 Å². The molecule has 1 aliphatic rings. The molecule has 0 aliphatic heterocycles. The smallest absolute Gasteiger partial charge is 0.320 e. The van der Waals surface area contributed by atoms with Crippen LogP contribution in [0.4, 0.5) is 0 Å². The summed E-state index contributed by atoms with van der Waals surface area (Å²) < 4.78 is 26.6. The van der Waals surface area contributed by atoms with Gasteiger partial charge in [-0.15, -0.1) is 0 Å². The van der Waals surface area contributed by atoms with Gasteiger partial charge in [-0.3, -0.25) is 9.59 Å². The van der Waals surface area contributed by atoms with Gasteiger partial charge in [0.25, 0.3) is 0 Å². The second kappa shape index (κ2) is 8.13. The summed E-state index contributed by atoms with van der Waals surface area (Å²) in [6.45, 7) is 8.51. The van der Waals surface area contributed by atoms with Crippen molar-refractivity contribution in [3.8, 4) is 17.2 Å². The Labute approximate surface area is 172 Å². The van der Waals surface area contributed by atoms with E-state index in [1.165, 1.54) is 14.2 Å². The lowest BCUT2D eigenvalue weighted by Gasteiger charge is -2.40. The largest absolute Gasteiger partial charge is 0.493 e. The molecule has 0 saturated heterocycles. The van der Waals surface area contributed by atoms with Crippen LogP contribution in [0.3, 0.4) is 0 Å². The lowest BCUT2D eigenvalue weighted by molar-refractivity contribution is -0.159. The molecule has 0 N–H and O–H groups in total. The van der Waals surface area contributed by atoms with Crippen molar-refractivity contribution in [3.05, 3.63) is 17.2 Å². The fourth-order valence-electron chi connectivity index (χ4n) is 4.47. The molecule has 1 aromatic carbocycles. The van der Waals surface area contributed by atoms with Gasteiger partial charge >= 0.3 is 11.9 Å². The van der Waals surface area contributed by atoms with Gasteiger partial charge < -0.3 is 23.7 Å². The topological polar surface area (TPSA) is 80.3 Å². The van der Waals surface area contributed by atoms with Gasteiger partial charge in [-0.2, -0.15) is 0 Å². The molecule has 1 aliphatic carbocycles. The van der Waals surface area contributed by atoms with Gasteiger partial charge in [0.1, 0.15) is 0 Å². The first kappa shape index (κ1) is 22.8. The first-order valence-electron chi connectivity index (χ1n) is 9.52. The zero-order chi connectivity index (χ0) is 22.1. The molecule has 0 heterocycles. The lowest BCUT2D eigenvalue weighted by atomic mass is 9.63. The van der Waals surface area contributed by atoms with Gasteiger partial charge in [0, 0.05) is 5.56 Å². The van der Waals surface area contributed by atoms with Crippen LogP contribution in [0.25, 0.3) is 0 Å². The summed E-state index contributed by atoms with van der Waals surface area (Å²) >= 11 is 0. The van der Waals surface area contributed by atoms with Crippen molar-refractivity contribution in [3.63, 3.8) is 0 Å². The van der Waals surface area contributed by atoms with Crippen LogP contribution in [-0.4, -0.2) is 47.5 Å². The highest BCUT2D eigenvalue weighted by Crippen LogP contribution is 2.65. The minimum absolute atomic E-state index is 0.149. The molecule has 0 fully saturated rings. The van der Waals surface area contributed by atoms with Crippen LogP contribution in [-0.2, 0) is 24.5 Å². The fraction of sp³-hybridized carbons (Fsp3) is 0.636. The first-order valence-corrected chi connectivity index (χ1v) is 9.52. The second-order valence-corrected chi connectivity index (χ2v) is 8.34. The third-order valence-corrected chi connectivity index (χ3v) is 6.79. The van der Waals surface area contributed by atoms with E-state index in [-0.39, 0.29) is 23.2 Å². The van der Waals surface area contributed by atoms with Crippen molar-refractivity contribution >= 4 is 11.9 Å². The Morgan fingerprint density at radius 3 is 1.83 bits per heavy atom. The first-order chi connectivity index (χ1) is 13.5. The molecule has 0 radical (unpaired) electrons. The maximum atomic E-state index is 12.3. The van der Waals surface area contributed by atoms with Crippen molar-refractivity contribution in [2.24, 2.45) is 11.3 Å². The van der Waals surface area contributed by atoms with Crippen LogP contribution in [0.15, 0.2) is 6.07 Å². The number of benzene rings is 1. The van der Waals surface area contributed by atoms with Crippen LogP contribution in [0.5, 0.6) is 17.2 Å². The van der Waals surface area contributed by atoms with E-state index in [1.807, 2.05) is 6.07 Å². The summed E-state index contributed by atoms with van der Waals surface area (Å²) in [7, 11) is 7.27. The van der Waals surface area contributed by atoms with Gasteiger partial charge in [0.05, 0.1) is 35.5 Å². The minimum Gasteiger partial charge on any atom is -0.493 e. The van der Waals surface area contributed by atoms with E-state index in [9.17, 15) is 9.59 Å². The zero-order valence-corrected chi connectivity index (χ0v) is 18.8. The molecule has 0 bridgehead atoms. The Kier molecular flexibility index (Phi) is 6.40. The Morgan fingerprint density at radius 1 is 0.897 bits per heavy atom. The SMILES string of the molecule is COC(=O)C(CC1c2cc(OC)c(OC)c(OC)c2C(C)(C)C1(C)C)C(=O)OC. The minimum atomic E-state index is -1.02. The number of hydrogen-bond donors (Lipinski definition) is 0. The molecule has 0 spiro atoms. The molecule has 0 amide bonds. The third kappa shape index (κ3) is 3.40. The van der Waals surface area contributed by atoms with E-state index in [2.05, 4.69) is 27.7 Å². The van der Waals surface area contributed by atoms with E-state index >= 15 is 0 Å². The summed E-state index contributed by atoms with van der Waals surface area (Å²) in [6.07, 6.45) is 0.251. The van der Waals surface area contributed by atoms with Crippen LogP contribution >= 0.6 is 0 Å². The molecule has 1 atom stereocenters. The number of fused-ring (bicyclic) bond motifs is 1. The molecule has 7 nitrogen and oxygen atoms in total. The number of methoxy groups -OCH3 is 5. The summed E-state index contributed by atoms with van der Waals surface area (Å²) in [5, 5.41) is 0. The van der Waals surface area contributed by atoms with Crippen molar-refractivity contribution in [2.75, 3.05) is 35.5 Å². The maximum Gasteiger partial charge on any atom is 0.320 e. The normalized spacial score (nSPS) is 18.8. The molecule has 162 valence electrons. The molecule has 7 heteroatoms. The third-order valence-electron chi connectivity index (χ3n) is 6.79. The standard InChI is InChI=1S/C22H32O7/c1-21(2)14(10-13(19(23)28-8)20(24)29-9)12-11-15(25-5)17(26-6)18(27-7)16(12)22(21,3)4/h11,13-14H,10H2,1-9H3. The predicted molar refractivity (Wildman–Crippen MR) is 108 cm³/mol. The zero-order valence-electron chi connectivity index (χ0n) is 18.8. The van der Waals surface area contributed by atoms with Crippen LogP contribution < -0.4 is 14.2 Å². The van der Waals surface area contributed by atoms with E-state index in [0.717, 1.165) is 11.1 Å². The number of carbonyl (C=O) groups is 2. The predicted octanol–water partition coefficient (Wildman–Crippen LogP) is 3.47. The second-order valence-electron chi connectivity index (χ2n) is 8.34. The van der Waals surface area contributed by atoms with E-state index in [4.69, 9.17) is 23.7 Å². The fourth-order valence-corrected chi connectivity index (χ4v) is 4.47. The highest BCUT2D eigenvalue weighted by Gasteiger charge is 2.56. The van der Waals surface area contributed by atoms with Gasteiger partial charge in [-0.25, -0.2) is 0 Å². The summed E-state index contributed by atoms with van der Waals surface area (Å²) in [5.41, 5.74) is 1.29. The number of ether oxygens (including phenoxy) is 5. The number of rotatable bonds is 7. The van der Waals surface area contributed by atoms with E-state index in [0.29, 0.717) is 17.2 Å². The average molecular weight is 408 g/mol. The van der Waals surface area contributed by atoms with Crippen LogP contribution in [0, 0.1) is 11.3 Å². The quantitative estimate of drug-likeness (QED) is 0.505. The van der Waals surface area contributed by atoms with Crippen molar-refractivity contribution in [1.82, 2.24) is 0 Å². The van der Waals surface area contributed by atoms with Gasteiger partial charge in [0.15, 0.2) is 17.4 Å². The van der Waals surface area contributed by atoms with Crippen LogP contribution in [0.2, 0.25) is 0 Å². The summed E-state index contributed by atoms with van der Waals surface area (Å²) in [5.74, 6) is -0.711.